The molecule has 3 aromatic carbocycles. The highest BCUT2D eigenvalue weighted by atomic mass is 35.5. The van der Waals surface area contributed by atoms with E-state index in [-0.39, 0.29) is 11.1 Å². The second kappa shape index (κ2) is 10.4. The molecule has 0 atom stereocenters. The molecule has 0 aliphatic carbocycles. The van der Waals surface area contributed by atoms with Crippen LogP contribution in [0.1, 0.15) is 28.4 Å². The molecule has 2 N–H and O–H groups in total. The molecule has 7 nitrogen and oxygen atoms in total. The number of aromatic carboxylic acids is 1. The van der Waals surface area contributed by atoms with E-state index in [1.165, 1.54) is 16.8 Å². The van der Waals surface area contributed by atoms with Crippen LogP contribution in [0.4, 0.5) is 0 Å². The van der Waals surface area contributed by atoms with E-state index in [1.807, 2.05) is 37.3 Å². The number of carboxylic acid groups (broad SMARTS) is 1. The number of H-pyrrole nitrogens is 1. The number of hydrogen-bond donors (Lipinski definition) is 2. The number of nitrogens with zero attached hydrogens (tertiary/aromatic N) is 1. The van der Waals surface area contributed by atoms with Crippen LogP contribution in [0.25, 0.3) is 18.3 Å². The number of benzene rings is 3. The lowest BCUT2D eigenvalue weighted by Crippen LogP contribution is -2.33. The zero-order chi connectivity index (χ0) is 24.9. The van der Waals surface area contributed by atoms with Gasteiger partial charge in [-0.15, -0.1) is 0 Å². The average Bonchev–Trinajstić information content (AvgIpc) is 3.13. The fourth-order valence-electron chi connectivity index (χ4n) is 3.55. The van der Waals surface area contributed by atoms with Gasteiger partial charge in [0.2, 0.25) is 0 Å². The van der Waals surface area contributed by atoms with Gasteiger partial charge in [-0.3, -0.25) is 9.89 Å². The second-order valence-corrected chi connectivity index (χ2v) is 8.09. The summed E-state index contributed by atoms with van der Waals surface area (Å²) in [6.07, 6.45) is 1.67. The van der Waals surface area contributed by atoms with Gasteiger partial charge in [-0.2, -0.15) is 0 Å². The number of halogens is 1. The van der Waals surface area contributed by atoms with Crippen LogP contribution in [0.5, 0.6) is 11.5 Å². The molecule has 0 unspecified atom stereocenters. The molecule has 0 spiro atoms. The number of hydrogen-bond acceptors (Lipinski definition) is 4. The van der Waals surface area contributed by atoms with E-state index in [2.05, 4.69) is 11.7 Å². The van der Waals surface area contributed by atoms with Crippen LogP contribution in [0.15, 0.2) is 71.5 Å². The Hall–Kier alpha value is -4.23. The van der Waals surface area contributed by atoms with E-state index < -0.39 is 5.97 Å². The number of carboxylic acids is 1. The Labute approximate surface area is 206 Å². The third-order valence-electron chi connectivity index (χ3n) is 5.25. The van der Waals surface area contributed by atoms with Crippen molar-refractivity contribution >= 4 is 30.2 Å². The lowest BCUT2D eigenvalue weighted by molar-refractivity contribution is 0.0697. The molecule has 0 aliphatic rings. The van der Waals surface area contributed by atoms with Gasteiger partial charge in [0.05, 0.1) is 33.4 Å². The average molecular weight is 491 g/mol. The van der Waals surface area contributed by atoms with Crippen LogP contribution in [0.2, 0.25) is 5.02 Å². The SMILES string of the molecule is C=c1[nH]n(-c2ccc(C(=O)O)cc2)c(=O)/c1=C/c1cc(Cl)c(OCc2ccccc2)c(OCC)c1. The van der Waals surface area contributed by atoms with Crippen molar-refractivity contribution in [1.82, 2.24) is 9.78 Å². The summed E-state index contributed by atoms with van der Waals surface area (Å²) >= 11 is 6.54. The molecule has 0 saturated carbocycles. The normalized spacial score (nSPS) is 11.4. The van der Waals surface area contributed by atoms with Crippen molar-refractivity contribution in [2.24, 2.45) is 0 Å². The topological polar surface area (TPSA) is 93.6 Å². The summed E-state index contributed by atoms with van der Waals surface area (Å²) < 4.78 is 13.0. The number of aromatic amines is 1. The van der Waals surface area contributed by atoms with Crippen LogP contribution in [-0.2, 0) is 6.61 Å². The number of aromatic nitrogens is 2. The quantitative estimate of drug-likeness (QED) is 0.392. The molecule has 1 aromatic heterocycles. The highest BCUT2D eigenvalue weighted by Crippen LogP contribution is 2.37. The first-order chi connectivity index (χ1) is 16.9. The van der Waals surface area contributed by atoms with E-state index in [0.29, 0.717) is 51.6 Å². The van der Waals surface area contributed by atoms with Crippen LogP contribution >= 0.6 is 11.6 Å². The lowest BCUT2D eigenvalue weighted by atomic mass is 10.1. The zero-order valence-corrected chi connectivity index (χ0v) is 19.7. The van der Waals surface area contributed by atoms with E-state index in [4.69, 9.17) is 26.2 Å². The molecule has 178 valence electrons. The van der Waals surface area contributed by atoms with Crippen LogP contribution in [0.3, 0.4) is 0 Å². The summed E-state index contributed by atoms with van der Waals surface area (Å²) in [7, 11) is 0. The van der Waals surface area contributed by atoms with Crippen LogP contribution in [0, 0.1) is 0 Å². The molecular formula is C27H23ClN2O5. The van der Waals surface area contributed by atoms with E-state index in [0.717, 1.165) is 5.56 Å². The molecule has 4 aromatic rings. The highest BCUT2D eigenvalue weighted by Gasteiger charge is 2.13. The van der Waals surface area contributed by atoms with Crippen LogP contribution < -0.4 is 25.6 Å². The van der Waals surface area contributed by atoms with Crippen molar-refractivity contribution in [1.29, 1.82) is 0 Å². The summed E-state index contributed by atoms with van der Waals surface area (Å²) in [5, 5.41) is 13.1. The Morgan fingerprint density at radius 1 is 1.11 bits per heavy atom. The third-order valence-corrected chi connectivity index (χ3v) is 5.53. The summed E-state index contributed by atoms with van der Waals surface area (Å²) in [5.74, 6) is -0.150. The number of ether oxygens (including phenoxy) is 2. The van der Waals surface area contributed by atoms with Crippen molar-refractivity contribution in [3.05, 3.63) is 109 Å². The van der Waals surface area contributed by atoms with Crippen molar-refractivity contribution in [3.8, 4) is 17.2 Å². The Balaban J connectivity index is 1.70. The Kier molecular flexibility index (Phi) is 7.08. The number of carbonyl (C=O) groups is 1. The predicted molar refractivity (Wildman–Crippen MR) is 135 cm³/mol. The minimum atomic E-state index is -1.04. The molecule has 0 radical (unpaired) electrons. The molecule has 35 heavy (non-hydrogen) atoms. The first kappa shape index (κ1) is 23.9. The maximum absolute atomic E-state index is 13.1. The third kappa shape index (κ3) is 5.31. The van der Waals surface area contributed by atoms with Crippen LogP contribution in [-0.4, -0.2) is 27.5 Å². The molecule has 0 fully saturated rings. The summed E-state index contributed by atoms with van der Waals surface area (Å²) in [6.45, 7) is 6.54. The number of nitrogens with one attached hydrogen (secondary N) is 1. The van der Waals surface area contributed by atoms with Gasteiger partial charge in [0.1, 0.15) is 6.61 Å². The van der Waals surface area contributed by atoms with Gasteiger partial charge in [0.25, 0.3) is 5.56 Å². The first-order valence-corrected chi connectivity index (χ1v) is 11.2. The highest BCUT2D eigenvalue weighted by molar-refractivity contribution is 6.32. The minimum Gasteiger partial charge on any atom is -0.490 e. The summed E-state index contributed by atoms with van der Waals surface area (Å²) in [4.78, 5) is 24.2. The first-order valence-electron chi connectivity index (χ1n) is 10.9. The molecule has 1 heterocycles. The Morgan fingerprint density at radius 3 is 2.49 bits per heavy atom. The second-order valence-electron chi connectivity index (χ2n) is 7.68. The molecule has 0 aliphatic heterocycles. The van der Waals surface area contributed by atoms with Gasteiger partial charge in [-0.25, -0.2) is 9.48 Å². The zero-order valence-electron chi connectivity index (χ0n) is 19.0. The van der Waals surface area contributed by atoms with E-state index in [9.17, 15) is 9.59 Å². The molecule has 0 amide bonds. The van der Waals surface area contributed by atoms with Crippen molar-refractivity contribution in [2.75, 3.05) is 6.61 Å². The van der Waals surface area contributed by atoms with Crippen molar-refractivity contribution < 1.29 is 19.4 Å². The largest absolute Gasteiger partial charge is 0.490 e. The van der Waals surface area contributed by atoms with Crippen molar-refractivity contribution in [2.45, 2.75) is 13.5 Å². The Morgan fingerprint density at radius 2 is 1.83 bits per heavy atom. The monoisotopic (exact) mass is 490 g/mol. The molecule has 0 bridgehead atoms. The fourth-order valence-corrected chi connectivity index (χ4v) is 3.82. The molecule has 8 heteroatoms. The predicted octanol–water partition coefficient (Wildman–Crippen LogP) is 3.73. The Bertz CT molecular complexity index is 1520. The molecular weight excluding hydrogens is 468 g/mol. The summed E-state index contributed by atoms with van der Waals surface area (Å²) in [6, 6.07) is 19.1. The summed E-state index contributed by atoms with van der Waals surface area (Å²) in [5.41, 5.74) is 1.91. The smallest absolute Gasteiger partial charge is 0.335 e. The lowest BCUT2D eigenvalue weighted by Gasteiger charge is -2.14. The van der Waals surface area contributed by atoms with Crippen molar-refractivity contribution in [3.63, 3.8) is 0 Å². The minimum absolute atomic E-state index is 0.127. The van der Waals surface area contributed by atoms with Gasteiger partial charge in [0, 0.05) is 0 Å². The van der Waals surface area contributed by atoms with Gasteiger partial charge < -0.3 is 14.6 Å². The molecule has 0 saturated heterocycles. The molecule has 4 rings (SSSR count). The van der Waals surface area contributed by atoms with E-state index >= 15 is 0 Å². The maximum Gasteiger partial charge on any atom is 0.335 e. The maximum atomic E-state index is 13.1. The van der Waals surface area contributed by atoms with Gasteiger partial charge in [0.15, 0.2) is 11.5 Å². The van der Waals surface area contributed by atoms with Gasteiger partial charge >= 0.3 is 5.97 Å². The standard InChI is InChI=1S/C27H23ClN2O5/c1-3-34-24-15-19(14-23(28)25(24)35-16-18-7-5-4-6-8-18)13-22-17(2)29-30(26(22)31)21-11-9-20(10-12-21)27(32)33/h4-15,29H,2-3,16H2,1H3,(H,32,33)/b22-13+. The number of rotatable bonds is 8. The van der Waals surface area contributed by atoms with E-state index in [1.54, 1.807) is 30.3 Å². The fraction of sp³-hybridized carbons (Fsp3) is 0.111. The van der Waals surface area contributed by atoms with Gasteiger partial charge in [-0.05, 0) is 60.5 Å². The van der Waals surface area contributed by atoms with Gasteiger partial charge in [-0.1, -0.05) is 48.5 Å².